The van der Waals surface area contributed by atoms with Gasteiger partial charge in [-0.05, 0) is 25.7 Å². The molecule has 0 saturated heterocycles. The van der Waals surface area contributed by atoms with E-state index in [9.17, 15) is 22.0 Å². The van der Waals surface area contributed by atoms with Crippen LogP contribution in [0.1, 0.15) is 25.7 Å². The zero-order valence-corrected chi connectivity index (χ0v) is 7.30. The molecule has 2 rings (SSSR count). The number of alkyl halides is 5. The van der Waals surface area contributed by atoms with Crippen molar-refractivity contribution >= 4 is 0 Å². The van der Waals surface area contributed by atoms with Gasteiger partial charge in [-0.3, -0.25) is 0 Å². The van der Waals surface area contributed by atoms with Crippen LogP contribution in [0.3, 0.4) is 0 Å². The van der Waals surface area contributed by atoms with E-state index in [1.54, 1.807) is 0 Å². The van der Waals surface area contributed by atoms with E-state index >= 15 is 0 Å². The Morgan fingerprint density at radius 2 is 1.29 bits per heavy atom. The van der Waals surface area contributed by atoms with E-state index < -0.39 is 23.1 Å². The molecule has 0 aliphatic heterocycles. The minimum atomic E-state index is -5.47. The first kappa shape index (κ1) is 10.1. The summed E-state index contributed by atoms with van der Waals surface area (Å²) in [6.07, 6.45) is -5.15. The molecule has 0 unspecified atom stereocenters. The molecular formula is C8H10F5N. The predicted molar refractivity (Wildman–Crippen MR) is 38.8 cm³/mol. The molecule has 0 aromatic rings. The third-order valence-corrected chi connectivity index (χ3v) is 3.45. The zero-order valence-electron chi connectivity index (χ0n) is 7.30. The Labute approximate surface area is 77.4 Å². The van der Waals surface area contributed by atoms with Crippen LogP contribution in [0.5, 0.6) is 0 Å². The minimum Gasteiger partial charge on any atom is -0.324 e. The normalized spacial score (nSPS) is 28.7. The van der Waals surface area contributed by atoms with E-state index in [2.05, 4.69) is 0 Å². The Kier molecular flexibility index (Phi) is 1.61. The molecule has 0 radical (unpaired) electrons. The highest BCUT2D eigenvalue weighted by Crippen LogP contribution is 2.72. The van der Waals surface area contributed by atoms with Gasteiger partial charge in [-0.15, -0.1) is 0 Å². The van der Waals surface area contributed by atoms with Gasteiger partial charge in [0.1, 0.15) is 0 Å². The van der Waals surface area contributed by atoms with Crippen molar-refractivity contribution in [1.82, 2.24) is 0 Å². The fraction of sp³-hybridized carbons (Fsp3) is 1.00. The van der Waals surface area contributed by atoms with Gasteiger partial charge < -0.3 is 5.73 Å². The molecule has 0 atom stereocenters. The molecule has 2 aliphatic carbocycles. The lowest BCUT2D eigenvalue weighted by Gasteiger charge is -2.33. The van der Waals surface area contributed by atoms with Crippen molar-refractivity contribution in [1.29, 1.82) is 0 Å². The van der Waals surface area contributed by atoms with Gasteiger partial charge in [0.15, 0.2) is 0 Å². The number of hydrogen-bond acceptors (Lipinski definition) is 1. The van der Waals surface area contributed by atoms with Gasteiger partial charge in [0.05, 0.1) is 5.41 Å². The average Bonchev–Trinajstić information content (AvgIpc) is 2.76. The molecule has 2 fully saturated rings. The average molecular weight is 215 g/mol. The topological polar surface area (TPSA) is 26.0 Å². The third-order valence-electron chi connectivity index (χ3n) is 3.45. The second-order valence-corrected chi connectivity index (χ2v) is 4.31. The molecule has 0 spiro atoms. The molecule has 0 amide bonds. The molecule has 14 heavy (non-hydrogen) atoms. The highest BCUT2D eigenvalue weighted by molar-refractivity contribution is 5.25. The molecule has 0 aromatic carbocycles. The molecule has 0 bridgehead atoms. The fourth-order valence-corrected chi connectivity index (χ4v) is 2.13. The maximum atomic E-state index is 13.1. The summed E-state index contributed by atoms with van der Waals surface area (Å²) < 4.78 is 62.6. The quantitative estimate of drug-likeness (QED) is 0.703. The number of hydrogen-bond donors (Lipinski definition) is 1. The maximum absolute atomic E-state index is 13.1. The second-order valence-electron chi connectivity index (χ2n) is 4.31. The largest absolute Gasteiger partial charge is 0.453 e. The first-order valence-corrected chi connectivity index (χ1v) is 4.40. The van der Waals surface area contributed by atoms with E-state index in [-0.39, 0.29) is 25.7 Å². The van der Waals surface area contributed by atoms with Gasteiger partial charge in [-0.25, -0.2) is 0 Å². The number of nitrogens with two attached hydrogens (primary N) is 1. The lowest BCUT2D eigenvalue weighted by Crippen LogP contribution is -2.54. The standard InChI is InChI=1S/C8H10F5N/c9-7(10,8(11,12)13)5(1-2-5)6(14)3-4-6/h1-4,14H2. The van der Waals surface area contributed by atoms with Crippen LogP contribution < -0.4 is 5.73 Å². The highest BCUT2D eigenvalue weighted by Gasteiger charge is 2.82. The first-order chi connectivity index (χ1) is 6.16. The van der Waals surface area contributed by atoms with Crippen LogP contribution in [0.4, 0.5) is 22.0 Å². The Bertz CT molecular complexity index is 256. The summed E-state index contributed by atoms with van der Waals surface area (Å²) in [6, 6.07) is 0. The SMILES string of the molecule is NC1(C2(C(F)(F)C(F)(F)F)CC2)CC1. The van der Waals surface area contributed by atoms with Crippen molar-refractivity contribution in [2.24, 2.45) is 11.1 Å². The molecule has 82 valence electrons. The van der Waals surface area contributed by atoms with Crippen molar-refractivity contribution < 1.29 is 22.0 Å². The number of halogens is 5. The summed E-state index contributed by atoms with van der Waals surface area (Å²) in [5, 5.41) is 0. The van der Waals surface area contributed by atoms with Crippen LogP contribution in [0.25, 0.3) is 0 Å². The Morgan fingerprint density at radius 3 is 1.50 bits per heavy atom. The van der Waals surface area contributed by atoms with Crippen LogP contribution in [0, 0.1) is 5.41 Å². The summed E-state index contributed by atoms with van der Waals surface area (Å²) >= 11 is 0. The smallest absolute Gasteiger partial charge is 0.324 e. The van der Waals surface area contributed by atoms with Crippen LogP contribution in [0.15, 0.2) is 0 Å². The number of rotatable bonds is 2. The molecular weight excluding hydrogens is 205 g/mol. The van der Waals surface area contributed by atoms with Gasteiger partial charge in [-0.1, -0.05) is 0 Å². The van der Waals surface area contributed by atoms with Crippen LogP contribution in [0.2, 0.25) is 0 Å². The van der Waals surface area contributed by atoms with Crippen molar-refractivity contribution in [3.8, 4) is 0 Å². The van der Waals surface area contributed by atoms with Gasteiger partial charge >= 0.3 is 12.1 Å². The van der Waals surface area contributed by atoms with E-state index in [0.29, 0.717) is 0 Å². The van der Waals surface area contributed by atoms with Crippen molar-refractivity contribution in [2.75, 3.05) is 0 Å². The van der Waals surface area contributed by atoms with E-state index in [1.807, 2.05) is 0 Å². The molecule has 2 aliphatic rings. The predicted octanol–water partition coefficient (Wildman–Crippen LogP) is 2.46. The van der Waals surface area contributed by atoms with Gasteiger partial charge in [-0.2, -0.15) is 22.0 Å². The third kappa shape index (κ3) is 0.975. The van der Waals surface area contributed by atoms with Gasteiger partial charge in [0.2, 0.25) is 0 Å². The van der Waals surface area contributed by atoms with Gasteiger partial charge in [0, 0.05) is 5.54 Å². The lowest BCUT2D eigenvalue weighted by atomic mass is 9.86. The molecule has 1 nitrogen and oxygen atoms in total. The summed E-state index contributed by atoms with van der Waals surface area (Å²) in [5.74, 6) is -4.63. The molecule has 2 N–H and O–H groups in total. The van der Waals surface area contributed by atoms with Crippen LogP contribution in [-0.2, 0) is 0 Å². The minimum absolute atomic E-state index is 0.115. The summed E-state index contributed by atoms with van der Waals surface area (Å²) in [4.78, 5) is 0. The highest BCUT2D eigenvalue weighted by atomic mass is 19.4. The van der Waals surface area contributed by atoms with E-state index in [4.69, 9.17) is 5.73 Å². The molecule has 0 heterocycles. The molecule has 0 aromatic heterocycles. The second kappa shape index (κ2) is 2.23. The van der Waals surface area contributed by atoms with Crippen molar-refractivity contribution in [3.05, 3.63) is 0 Å². The van der Waals surface area contributed by atoms with E-state index in [0.717, 1.165) is 0 Å². The van der Waals surface area contributed by atoms with Crippen LogP contribution >= 0.6 is 0 Å². The van der Waals surface area contributed by atoms with Crippen molar-refractivity contribution in [2.45, 2.75) is 43.3 Å². The summed E-state index contributed by atoms with van der Waals surface area (Å²) in [7, 11) is 0. The van der Waals surface area contributed by atoms with Crippen molar-refractivity contribution in [3.63, 3.8) is 0 Å². The molecule has 2 saturated carbocycles. The fourth-order valence-electron chi connectivity index (χ4n) is 2.13. The Balaban J connectivity index is 2.30. The summed E-state index contributed by atoms with van der Waals surface area (Å²) in [5.41, 5.74) is 2.22. The Hall–Kier alpha value is -0.390. The van der Waals surface area contributed by atoms with E-state index in [1.165, 1.54) is 0 Å². The zero-order chi connectivity index (χ0) is 10.8. The maximum Gasteiger partial charge on any atom is 0.453 e. The first-order valence-electron chi connectivity index (χ1n) is 4.40. The molecule has 6 heteroatoms. The van der Waals surface area contributed by atoms with Crippen LogP contribution in [-0.4, -0.2) is 17.6 Å². The monoisotopic (exact) mass is 215 g/mol. The lowest BCUT2D eigenvalue weighted by molar-refractivity contribution is -0.313. The Morgan fingerprint density at radius 1 is 0.857 bits per heavy atom. The van der Waals surface area contributed by atoms with Gasteiger partial charge in [0.25, 0.3) is 0 Å². The summed E-state index contributed by atoms with van der Waals surface area (Å²) in [6.45, 7) is 0.